The van der Waals surface area contributed by atoms with Crippen LogP contribution in [0.3, 0.4) is 0 Å². The van der Waals surface area contributed by atoms with Gasteiger partial charge in [0, 0.05) is 13.0 Å². The fourth-order valence-corrected chi connectivity index (χ4v) is 3.11. The van der Waals surface area contributed by atoms with E-state index in [1.54, 1.807) is 21.1 Å². The molecular formula is C22H26N2O4. The Hall–Kier alpha value is -3.02. The molecule has 1 amide bonds. The highest BCUT2D eigenvalue weighted by molar-refractivity contribution is 6.05. The highest BCUT2D eigenvalue weighted by atomic mass is 16.7. The summed E-state index contributed by atoms with van der Waals surface area (Å²) in [6.45, 7) is 2.34. The molecule has 2 aromatic carbocycles. The third kappa shape index (κ3) is 4.63. The maximum Gasteiger partial charge on any atom is 0.267 e. The van der Waals surface area contributed by atoms with Gasteiger partial charge in [-0.25, -0.2) is 0 Å². The van der Waals surface area contributed by atoms with Crippen molar-refractivity contribution in [2.75, 3.05) is 20.8 Å². The third-order valence-electron chi connectivity index (χ3n) is 4.83. The van der Waals surface area contributed by atoms with Crippen molar-refractivity contribution in [2.24, 2.45) is 5.16 Å². The van der Waals surface area contributed by atoms with E-state index in [0.29, 0.717) is 13.0 Å². The molecule has 0 saturated heterocycles. The van der Waals surface area contributed by atoms with Crippen molar-refractivity contribution in [1.82, 2.24) is 5.32 Å². The number of ether oxygens (including phenoxy) is 2. The maximum absolute atomic E-state index is 12.6. The first-order valence-electron chi connectivity index (χ1n) is 9.35. The molecule has 1 N–H and O–H groups in total. The van der Waals surface area contributed by atoms with Gasteiger partial charge in [0.15, 0.2) is 0 Å². The van der Waals surface area contributed by atoms with Crippen LogP contribution < -0.4 is 14.8 Å². The maximum atomic E-state index is 12.6. The van der Waals surface area contributed by atoms with Crippen LogP contribution in [0.1, 0.15) is 30.9 Å². The fourth-order valence-electron chi connectivity index (χ4n) is 3.11. The molecule has 0 spiro atoms. The molecule has 1 heterocycles. The minimum absolute atomic E-state index is 0.148. The number of nitrogens with one attached hydrogen (secondary N) is 1. The lowest BCUT2D eigenvalue weighted by atomic mass is 9.95. The number of nitrogens with zero attached hydrogens (tertiary/aromatic N) is 1. The van der Waals surface area contributed by atoms with Crippen LogP contribution in [0, 0.1) is 0 Å². The Balaban J connectivity index is 1.47. The Labute approximate surface area is 165 Å². The van der Waals surface area contributed by atoms with Crippen LogP contribution >= 0.6 is 0 Å². The lowest BCUT2D eigenvalue weighted by Crippen LogP contribution is -2.45. The number of oxime groups is 1. The number of rotatable bonds is 8. The van der Waals surface area contributed by atoms with E-state index in [2.05, 4.69) is 16.5 Å². The number of methoxy groups -OCH3 is 2. The predicted molar refractivity (Wildman–Crippen MR) is 108 cm³/mol. The zero-order chi connectivity index (χ0) is 20.0. The number of hydrogen-bond donors (Lipinski definition) is 1. The number of carbonyl (C=O) groups is 1. The lowest BCUT2D eigenvalue weighted by Gasteiger charge is -2.20. The van der Waals surface area contributed by atoms with Crippen molar-refractivity contribution in [3.8, 4) is 11.5 Å². The first-order valence-corrected chi connectivity index (χ1v) is 9.35. The smallest absolute Gasteiger partial charge is 0.267 e. The fraction of sp³-hybridized carbons (Fsp3) is 0.364. The summed E-state index contributed by atoms with van der Waals surface area (Å²) in [5.41, 5.74) is 1.89. The molecule has 148 valence electrons. The largest absolute Gasteiger partial charge is 0.497 e. The topological polar surface area (TPSA) is 69.2 Å². The molecule has 1 aliphatic rings. The molecule has 6 heteroatoms. The molecule has 6 nitrogen and oxygen atoms in total. The number of hydrogen-bond acceptors (Lipinski definition) is 5. The molecule has 0 aromatic heterocycles. The molecule has 2 aromatic rings. The van der Waals surface area contributed by atoms with Crippen molar-refractivity contribution in [3.63, 3.8) is 0 Å². The van der Waals surface area contributed by atoms with Gasteiger partial charge < -0.3 is 19.6 Å². The van der Waals surface area contributed by atoms with Gasteiger partial charge in [-0.3, -0.25) is 4.79 Å². The lowest BCUT2D eigenvalue weighted by molar-refractivity contribution is -0.141. The van der Waals surface area contributed by atoms with Crippen LogP contribution in [-0.2, 0) is 16.1 Å². The quantitative estimate of drug-likeness (QED) is 0.711. The molecule has 0 fully saturated rings. The molecule has 1 atom stereocenters. The average molecular weight is 382 g/mol. The van der Waals surface area contributed by atoms with Crippen LogP contribution in [0.15, 0.2) is 53.7 Å². The molecular weight excluding hydrogens is 356 g/mol. The highest BCUT2D eigenvalue weighted by Gasteiger charge is 2.41. The second kappa shape index (κ2) is 8.78. The molecule has 3 rings (SSSR count). The summed E-state index contributed by atoms with van der Waals surface area (Å²) in [6.07, 6.45) is 2.13. The molecule has 1 aliphatic heterocycles. The zero-order valence-electron chi connectivity index (χ0n) is 16.5. The standard InChI is InChI=1S/C22H26N2O4/c1-22(15-20(24-28-22)17-9-11-18(26-2)12-10-17)21(25)23-13-5-7-16-6-4-8-19(14-16)27-3/h4,6,8-12,14H,5,7,13,15H2,1-3H3,(H,23,25). The average Bonchev–Trinajstić information content (AvgIpc) is 3.14. The zero-order valence-corrected chi connectivity index (χ0v) is 16.5. The molecule has 0 radical (unpaired) electrons. The Bertz CT molecular complexity index is 848. The SMILES string of the molecule is COc1ccc(C2=NOC(C)(C(=O)NCCCc3cccc(OC)c3)C2)cc1. The summed E-state index contributed by atoms with van der Waals surface area (Å²) in [6, 6.07) is 15.5. The van der Waals surface area contributed by atoms with E-state index in [1.165, 1.54) is 5.56 Å². The van der Waals surface area contributed by atoms with Gasteiger partial charge >= 0.3 is 0 Å². The van der Waals surface area contributed by atoms with Crippen molar-refractivity contribution >= 4 is 11.6 Å². The van der Waals surface area contributed by atoms with E-state index < -0.39 is 5.60 Å². The van der Waals surface area contributed by atoms with E-state index in [9.17, 15) is 4.79 Å². The Kier molecular flexibility index (Phi) is 6.19. The van der Waals surface area contributed by atoms with E-state index in [4.69, 9.17) is 14.3 Å². The minimum Gasteiger partial charge on any atom is -0.497 e. The molecule has 0 saturated carbocycles. The molecule has 28 heavy (non-hydrogen) atoms. The second-order valence-corrected chi connectivity index (χ2v) is 6.98. The van der Waals surface area contributed by atoms with Gasteiger partial charge in [0.05, 0.1) is 19.9 Å². The van der Waals surface area contributed by atoms with E-state index >= 15 is 0 Å². The number of amides is 1. The first-order chi connectivity index (χ1) is 13.5. The van der Waals surface area contributed by atoms with Gasteiger partial charge in [-0.1, -0.05) is 17.3 Å². The number of carbonyl (C=O) groups excluding carboxylic acids is 1. The third-order valence-corrected chi connectivity index (χ3v) is 4.83. The van der Waals surface area contributed by atoms with Crippen LogP contribution in [-0.4, -0.2) is 38.0 Å². The summed E-state index contributed by atoms with van der Waals surface area (Å²) >= 11 is 0. The Morgan fingerprint density at radius 1 is 1.14 bits per heavy atom. The van der Waals surface area contributed by atoms with Gasteiger partial charge in [-0.05, 0) is 67.3 Å². The van der Waals surface area contributed by atoms with Crippen LogP contribution in [0.4, 0.5) is 0 Å². The van der Waals surface area contributed by atoms with Gasteiger partial charge in [0.25, 0.3) is 5.91 Å². The summed E-state index contributed by atoms with van der Waals surface area (Å²) in [7, 11) is 3.28. The van der Waals surface area contributed by atoms with Crippen molar-refractivity contribution in [1.29, 1.82) is 0 Å². The molecule has 0 aliphatic carbocycles. The summed E-state index contributed by atoms with van der Waals surface area (Å²) < 4.78 is 10.4. The first kappa shape index (κ1) is 19.7. The summed E-state index contributed by atoms with van der Waals surface area (Å²) in [4.78, 5) is 18.1. The minimum atomic E-state index is -0.981. The van der Waals surface area contributed by atoms with E-state index in [-0.39, 0.29) is 5.91 Å². The summed E-state index contributed by atoms with van der Waals surface area (Å²) in [5, 5.41) is 7.10. The van der Waals surface area contributed by atoms with Crippen molar-refractivity contribution in [2.45, 2.75) is 31.8 Å². The van der Waals surface area contributed by atoms with Crippen molar-refractivity contribution < 1.29 is 19.1 Å². The van der Waals surface area contributed by atoms with Gasteiger partial charge in [-0.2, -0.15) is 0 Å². The van der Waals surface area contributed by atoms with Crippen LogP contribution in [0.2, 0.25) is 0 Å². The van der Waals surface area contributed by atoms with Crippen molar-refractivity contribution in [3.05, 3.63) is 59.7 Å². The molecule has 1 unspecified atom stereocenters. The van der Waals surface area contributed by atoms with Gasteiger partial charge in [0.2, 0.25) is 5.60 Å². The van der Waals surface area contributed by atoms with Crippen LogP contribution in [0.25, 0.3) is 0 Å². The highest BCUT2D eigenvalue weighted by Crippen LogP contribution is 2.27. The van der Waals surface area contributed by atoms with E-state index in [1.807, 2.05) is 42.5 Å². The van der Waals surface area contributed by atoms with E-state index in [0.717, 1.165) is 35.6 Å². The van der Waals surface area contributed by atoms with Gasteiger partial charge in [-0.15, -0.1) is 0 Å². The number of benzene rings is 2. The Morgan fingerprint density at radius 2 is 1.89 bits per heavy atom. The molecule has 0 bridgehead atoms. The second-order valence-electron chi connectivity index (χ2n) is 6.98. The monoisotopic (exact) mass is 382 g/mol. The van der Waals surface area contributed by atoms with Gasteiger partial charge in [0.1, 0.15) is 11.5 Å². The Morgan fingerprint density at radius 3 is 2.61 bits per heavy atom. The normalized spacial score (nSPS) is 18.2. The van der Waals surface area contributed by atoms with Crippen LogP contribution in [0.5, 0.6) is 11.5 Å². The summed E-state index contributed by atoms with van der Waals surface area (Å²) in [5.74, 6) is 1.47. The predicted octanol–water partition coefficient (Wildman–Crippen LogP) is 3.34. The number of aryl methyl sites for hydroxylation is 1.